The van der Waals surface area contributed by atoms with Gasteiger partial charge in [0.05, 0.1) is 23.7 Å². The Balaban J connectivity index is 1.42. The van der Waals surface area contributed by atoms with Crippen LogP contribution in [0.3, 0.4) is 0 Å². The first-order chi connectivity index (χ1) is 19.6. The molecule has 8 heteroatoms. The molecule has 0 aromatic heterocycles. The predicted octanol–water partition coefficient (Wildman–Crippen LogP) is 8.31. The molecule has 208 valence electrons. The molecule has 1 heterocycles. The number of carbonyl (C=O) groups excluding carboxylic acids is 2. The molecule has 2 aliphatic rings. The number of fused-ring (bicyclic) bond motifs is 4. The average molecular weight is 574 g/mol. The molecule has 0 radical (unpaired) electrons. The highest BCUT2D eigenvalue weighted by Gasteiger charge is 2.41. The lowest BCUT2D eigenvalue weighted by atomic mass is 9.68. The molecular weight excluding hydrogens is 548 g/mol. The third kappa shape index (κ3) is 4.74. The second-order valence-corrected chi connectivity index (χ2v) is 11.6. The first-order valence-electron chi connectivity index (χ1n) is 13.2. The molecule has 0 unspecified atom stereocenters. The van der Waals surface area contributed by atoms with E-state index in [1.54, 1.807) is 18.2 Å². The monoisotopic (exact) mass is 573 g/mol. The van der Waals surface area contributed by atoms with Gasteiger partial charge in [-0.15, -0.1) is 0 Å². The molecule has 0 saturated carbocycles. The Hall–Kier alpha value is -4.23. The number of hydrogen-bond acceptors (Lipinski definition) is 5. The molecule has 0 fully saturated rings. The zero-order valence-electron chi connectivity index (χ0n) is 22.6. The van der Waals surface area contributed by atoms with E-state index in [0.29, 0.717) is 18.1 Å². The lowest BCUT2D eigenvalue weighted by molar-refractivity contribution is -0.118. The van der Waals surface area contributed by atoms with Gasteiger partial charge in [0.25, 0.3) is 0 Å². The van der Waals surface area contributed by atoms with Gasteiger partial charge in [0.2, 0.25) is 0 Å². The molecule has 1 atom stereocenters. The first kappa shape index (κ1) is 27.0. The van der Waals surface area contributed by atoms with Crippen LogP contribution in [-0.4, -0.2) is 18.9 Å². The third-order valence-electron chi connectivity index (χ3n) is 7.69. The van der Waals surface area contributed by atoms with E-state index < -0.39 is 23.6 Å². The van der Waals surface area contributed by atoms with E-state index in [-0.39, 0.29) is 33.3 Å². The Morgan fingerprint density at radius 1 is 0.976 bits per heavy atom. The van der Waals surface area contributed by atoms with E-state index >= 15 is 0 Å². The molecule has 0 bridgehead atoms. The number of rotatable bonds is 4. The summed E-state index contributed by atoms with van der Waals surface area (Å²) in [6.45, 7) is 4.23. The topological polar surface area (TPSA) is 64.6 Å². The number of Topliss-reactive ketones (excluding diaryl/α,β-unsaturated/α-hetero) is 1. The maximum absolute atomic E-state index is 13.8. The highest BCUT2D eigenvalue weighted by Crippen LogP contribution is 2.52. The second kappa shape index (κ2) is 10.00. The summed E-state index contributed by atoms with van der Waals surface area (Å²) in [4.78, 5) is 26.5. The van der Waals surface area contributed by atoms with E-state index in [1.165, 1.54) is 7.11 Å². The summed E-state index contributed by atoms with van der Waals surface area (Å²) < 4.78 is 38.2. The lowest BCUT2D eigenvalue weighted by Crippen LogP contribution is -2.33. The fraction of sp³-hybridized carbons (Fsp3) is 0.212. The van der Waals surface area contributed by atoms with Crippen molar-refractivity contribution < 1.29 is 27.8 Å². The molecule has 41 heavy (non-hydrogen) atoms. The van der Waals surface area contributed by atoms with Crippen LogP contribution in [0.4, 0.5) is 14.5 Å². The number of ether oxygens (including phenoxy) is 2. The van der Waals surface area contributed by atoms with Crippen molar-refractivity contribution in [1.29, 1.82) is 0 Å². The number of methoxy groups -OCH3 is 1. The van der Waals surface area contributed by atoms with Crippen LogP contribution in [0, 0.1) is 17.0 Å². The molecule has 6 rings (SSSR count). The Morgan fingerprint density at radius 2 is 1.73 bits per heavy atom. The summed E-state index contributed by atoms with van der Waals surface area (Å²) in [6, 6.07) is 18.2. The maximum Gasteiger partial charge on any atom is 0.345 e. The van der Waals surface area contributed by atoms with Crippen LogP contribution >= 0.6 is 11.6 Å². The molecule has 1 N–H and O–H groups in total. The Morgan fingerprint density at radius 3 is 2.51 bits per heavy atom. The van der Waals surface area contributed by atoms with Gasteiger partial charge in [-0.25, -0.2) is 13.6 Å². The Bertz CT molecular complexity index is 1800. The highest BCUT2D eigenvalue weighted by molar-refractivity contribution is 6.33. The molecule has 0 spiro atoms. The van der Waals surface area contributed by atoms with E-state index in [2.05, 4.69) is 37.4 Å². The summed E-state index contributed by atoms with van der Waals surface area (Å²) in [5.74, 6) is -2.98. The fourth-order valence-electron chi connectivity index (χ4n) is 5.87. The van der Waals surface area contributed by atoms with Crippen molar-refractivity contribution in [3.05, 3.63) is 106 Å². The number of anilines is 1. The van der Waals surface area contributed by atoms with Gasteiger partial charge in [0, 0.05) is 23.2 Å². The van der Waals surface area contributed by atoms with Crippen molar-refractivity contribution in [2.24, 2.45) is 5.41 Å². The second-order valence-electron chi connectivity index (χ2n) is 11.2. The summed E-state index contributed by atoms with van der Waals surface area (Å²) in [6.07, 6.45) is 1.17. The zero-order valence-corrected chi connectivity index (χ0v) is 23.4. The minimum Gasteiger partial charge on any atom is -0.493 e. The van der Waals surface area contributed by atoms with Crippen LogP contribution in [0.2, 0.25) is 5.02 Å². The van der Waals surface area contributed by atoms with Gasteiger partial charge in [-0.3, -0.25) is 4.79 Å². The van der Waals surface area contributed by atoms with Gasteiger partial charge in [-0.1, -0.05) is 61.8 Å². The number of ketones is 1. The number of allylic oxidation sites excluding steroid dienone is 1. The van der Waals surface area contributed by atoms with Gasteiger partial charge in [0.1, 0.15) is 0 Å². The van der Waals surface area contributed by atoms with Crippen LogP contribution in [0.15, 0.2) is 72.3 Å². The van der Waals surface area contributed by atoms with Gasteiger partial charge < -0.3 is 14.8 Å². The minimum absolute atomic E-state index is 0.0644. The van der Waals surface area contributed by atoms with Crippen molar-refractivity contribution >= 4 is 45.4 Å². The summed E-state index contributed by atoms with van der Waals surface area (Å²) in [7, 11) is 1.43. The standard InChI is InChI=1S/C33H26ClF2NO4/c1-33(2)15-21-29-19-7-5-4-6-17(19)8-10-25(29)37-31(30(21)26(38)16-33)18-9-11-27(28(12-18)40-3)41-32(39)20-13-23(35)24(36)14-22(20)34/h4-14,31,37H,15-16H2,1-3H3/t31-/m1/s1. The highest BCUT2D eigenvalue weighted by atomic mass is 35.5. The van der Waals surface area contributed by atoms with E-state index in [0.717, 1.165) is 45.6 Å². The van der Waals surface area contributed by atoms with Gasteiger partial charge >= 0.3 is 5.97 Å². The van der Waals surface area contributed by atoms with Crippen LogP contribution in [0.5, 0.6) is 11.5 Å². The number of carbonyl (C=O) groups is 2. The molecule has 0 saturated heterocycles. The third-order valence-corrected chi connectivity index (χ3v) is 8.01. The Labute approximate surface area is 240 Å². The van der Waals surface area contributed by atoms with Gasteiger partial charge in [-0.05, 0) is 64.1 Å². The van der Waals surface area contributed by atoms with Crippen LogP contribution in [0.25, 0.3) is 16.3 Å². The van der Waals surface area contributed by atoms with E-state index in [4.69, 9.17) is 21.1 Å². The van der Waals surface area contributed by atoms with Crippen molar-refractivity contribution in [2.75, 3.05) is 12.4 Å². The van der Waals surface area contributed by atoms with Crippen molar-refractivity contribution in [2.45, 2.75) is 32.7 Å². The molecule has 1 aliphatic carbocycles. The van der Waals surface area contributed by atoms with Crippen LogP contribution in [-0.2, 0) is 4.79 Å². The van der Waals surface area contributed by atoms with E-state index in [9.17, 15) is 18.4 Å². The molecule has 0 amide bonds. The van der Waals surface area contributed by atoms with Gasteiger partial charge in [-0.2, -0.15) is 0 Å². The number of halogens is 3. The number of esters is 1. The first-order valence-corrected chi connectivity index (χ1v) is 13.5. The maximum atomic E-state index is 13.8. The lowest BCUT2D eigenvalue weighted by Gasteiger charge is -2.40. The van der Waals surface area contributed by atoms with Crippen LogP contribution < -0.4 is 14.8 Å². The van der Waals surface area contributed by atoms with E-state index in [1.807, 2.05) is 18.2 Å². The summed E-state index contributed by atoms with van der Waals surface area (Å²) in [5.41, 5.74) is 3.96. The molecule has 4 aromatic rings. The fourth-order valence-corrected chi connectivity index (χ4v) is 6.10. The molecular formula is C33H26ClF2NO4. The normalized spacial score (nSPS) is 17.5. The summed E-state index contributed by atoms with van der Waals surface area (Å²) in [5, 5.41) is 5.49. The summed E-state index contributed by atoms with van der Waals surface area (Å²) >= 11 is 5.96. The van der Waals surface area contributed by atoms with Crippen molar-refractivity contribution in [3.63, 3.8) is 0 Å². The quantitative estimate of drug-likeness (QED) is 0.151. The number of hydrogen-bond donors (Lipinski definition) is 1. The minimum atomic E-state index is -1.22. The molecule has 5 nitrogen and oxygen atoms in total. The van der Waals surface area contributed by atoms with Crippen molar-refractivity contribution in [3.8, 4) is 11.5 Å². The largest absolute Gasteiger partial charge is 0.493 e. The van der Waals surface area contributed by atoms with Crippen LogP contribution in [0.1, 0.15) is 54.2 Å². The zero-order chi connectivity index (χ0) is 29.1. The van der Waals surface area contributed by atoms with Gasteiger partial charge in [0.15, 0.2) is 28.9 Å². The molecule has 4 aromatic carbocycles. The SMILES string of the molecule is COc1cc([C@H]2Nc3ccc4ccccc4c3C3=C2C(=O)CC(C)(C)C3)ccc1OC(=O)c1cc(F)c(F)cc1Cl. The average Bonchev–Trinajstić information content (AvgIpc) is 2.93. The van der Waals surface area contributed by atoms with Crippen molar-refractivity contribution in [1.82, 2.24) is 0 Å². The number of benzene rings is 4. The number of nitrogens with one attached hydrogen (secondary N) is 1. The predicted molar refractivity (Wildman–Crippen MR) is 155 cm³/mol. The Kier molecular flexibility index (Phi) is 6.57. The molecule has 1 aliphatic heterocycles. The smallest absolute Gasteiger partial charge is 0.345 e.